The van der Waals surface area contributed by atoms with Gasteiger partial charge in [0.2, 0.25) is 0 Å². The number of hydrogen-bond donors (Lipinski definition) is 0. The van der Waals surface area contributed by atoms with E-state index in [-0.39, 0.29) is 17.2 Å². The third-order valence-electron chi connectivity index (χ3n) is 4.42. The Hall–Kier alpha value is -2.28. The smallest absolute Gasteiger partial charge is 0.285 e. The molecule has 1 aromatic heterocycles. The van der Waals surface area contributed by atoms with Gasteiger partial charge in [0.05, 0.1) is 9.93 Å². The first-order chi connectivity index (χ1) is 11.5. The summed E-state index contributed by atoms with van der Waals surface area (Å²) in [5, 5.41) is 14.5. The summed E-state index contributed by atoms with van der Waals surface area (Å²) in [4.78, 5) is 29.8. The number of nitro benzene ring substituents is 1. The van der Waals surface area contributed by atoms with Gasteiger partial charge in [-0.2, -0.15) is 0 Å². The van der Waals surface area contributed by atoms with E-state index >= 15 is 0 Å². The number of carbonyl (C=O) groups excluding carboxylic acids is 1. The van der Waals surface area contributed by atoms with Gasteiger partial charge in [-0.3, -0.25) is 14.9 Å². The third kappa shape index (κ3) is 3.17. The van der Waals surface area contributed by atoms with Crippen molar-refractivity contribution in [2.24, 2.45) is 0 Å². The van der Waals surface area contributed by atoms with Crippen LogP contribution in [0.4, 0.5) is 5.69 Å². The minimum absolute atomic E-state index is 0.0832. The van der Waals surface area contributed by atoms with Crippen molar-refractivity contribution in [1.82, 2.24) is 9.88 Å². The molecule has 0 N–H and O–H groups in total. The Bertz CT molecular complexity index is 779. The van der Waals surface area contributed by atoms with Crippen LogP contribution in [0, 0.1) is 24.0 Å². The molecular formula is C17H19N3O3S. The number of para-hydroxylation sites is 1. The van der Waals surface area contributed by atoms with Crippen molar-refractivity contribution < 1.29 is 9.72 Å². The number of amides is 1. The predicted octanol–water partition coefficient (Wildman–Crippen LogP) is 3.69. The summed E-state index contributed by atoms with van der Waals surface area (Å²) in [6, 6.07) is 4.90. The molecule has 0 atom stereocenters. The van der Waals surface area contributed by atoms with Crippen LogP contribution in [-0.2, 0) is 0 Å². The summed E-state index contributed by atoms with van der Waals surface area (Å²) in [5.74, 6) is 0.124. The van der Waals surface area contributed by atoms with Gasteiger partial charge in [0, 0.05) is 35.6 Å². The first kappa shape index (κ1) is 16.6. The number of thiazole rings is 1. The van der Waals surface area contributed by atoms with E-state index in [0.29, 0.717) is 24.6 Å². The number of piperidine rings is 1. The van der Waals surface area contributed by atoms with Crippen LogP contribution in [0.15, 0.2) is 23.6 Å². The van der Waals surface area contributed by atoms with Crippen LogP contribution in [-0.4, -0.2) is 33.8 Å². The van der Waals surface area contributed by atoms with Crippen LogP contribution in [0.5, 0.6) is 0 Å². The number of carbonyl (C=O) groups is 1. The van der Waals surface area contributed by atoms with Crippen LogP contribution >= 0.6 is 11.3 Å². The lowest BCUT2D eigenvalue weighted by atomic mass is 9.96. The van der Waals surface area contributed by atoms with Crippen molar-refractivity contribution in [3.8, 4) is 0 Å². The van der Waals surface area contributed by atoms with Crippen molar-refractivity contribution in [1.29, 1.82) is 0 Å². The van der Waals surface area contributed by atoms with Gasteiger partial charge in [-0.1, -0.05) is 12.1 Å². The first-order valence-electron chi connectivity index (χ1n) is 7.92. The second-order valence-corrected chi connectivity index (χ2v) is 7.01. The lowest BCUT2D eigenvalue weighted by molar-refractivity contribution is -0.385. The monoisotopic (exact) mass is 345 g/mol. The number of benzene rings is 1. The number of hydrogen-bond acceptors (Lipinski definition) is 5. The summed E-state index contributed by atoms with van der Waals surface area (Å²) in [7, 11) is 0. The molecule has 0 radical (unpaired) electrons. The zero-order valence-corrected chi connectivity index (χ0v) is 14.5. The minimum Gasteiger partial charge on any atom is -0.338 e. The van der Waals surface area contributed by atoms with Crippen LogP contribution in [0.3, 0.4) is 0 Å². The lowest BCUT2D eigenvalue weighted by Gasteiger charge is -2.31. The van der Waals surface area contributed by atoms with E-state index in [1.165, 1.54) is 0 Å². The minimum atomic E-state index is -0.465. The standard InChI is InChI=1S/C17H19N3O3S/c1-11-4-3-5-14(15(11)20(22)23)17(21)19-8-6-13(7-9-19)16-18-12(2)10-24-16/h3-5,10,13H,6-9H2,1-2H3. The molecule has 2 aromatic rings. The Balaban J connectivity index is 1.74. The number of likely N-dealkylation sites (tertiary alicyclic amines) is 1. The Labute approximate surface area is 144 Å². The third-order valence-corrected chi connectivity index (χ3v) is 5.54. The molecule has 3 rings (SSSR count). The molecule has 1 fully saturated rings. The van der Waals surface area contributed by atoms with E-state index in [0.717, 1.165) is 23.5 Å². The van der Waals surface area contributed by atoms with E-state index in [1.54, 1.807) is 41.4 Å². The van der Waals surface area contributed by atoms with E-state index < -0.39 is 4.92 Å². The maximum Gasteiger partial charge on any atom is 0.285 e. The first-order valence-corrected chi connectivity index (χ1v) is 8.80. The lowest BCUT2D eigenvalue weighted by Crippen LogP contribution is -2.38. The highest BCUT2D eigenvalue weighted by atomic mass is 32.1. The fraction of sp³-hybridized carbons (Fsp3) is 0.412. The van der Waals surface area contributed by atoms with Gasteiger partial charge in [-0.15, -0.1) is 11.3 Å². The Morgan fingerprint density at radius 2 is 2.04 bits per heavy atom. The number of aromatic nitrogens is 1. The molecule has 2 heterocycles. The topological polar surface area (TPSA) is 76.3 Å². The van der Waals surface area contributed by atoms with E-state index in [9.17, 15) is 14.9 Å². The van der Waals surface area contributed by atoms with Crippen LogP contribution in [0.25, 0.3) is 0 Å². The van der Waals surface area contributed by atoms with Gasteiger partial charge >= 0.3 is 0 Å². The molecule has 1 saturated heterocycles. The summed E-state index contributed by atoms with van der Waals surface area (Å²) in [5.41, 5.74) is 1.65. The fourth-order valence-corrected chi connectivity index (χ4v) is 4.10. The SMILES string of the molecule is Cc1csc(C2CCN(C(=O)c3cccc(C)c3[N+](=O)[O-])CC2)n1. The molecule has 0 bridgehead atoms. The summed E-state index contributed by atoms with van der Waals surface area (Å²) >= 11 is 1.67. The molecule has 126 valence electrons. The number of aryl methyl sites for hydroxylation is 2. The normalized spacial score (nSPS) is 15.5. The average molecular weight is 345 g/mol. The molecule has 0 spiro atoms. The van der Waals surface area contributed by atoms with Crippen molar-refractivity contribution in [3.05, 3.63) is 55.5 Å². The maximum atomic E-state index is 12.7. The van der Waals surface area contributed by atoms with E-state index in [1.807, 2.05) is 12.3 Å². The Morgan fingerprint density at radius 1 is 1.33 bits per heavy atom. The van der Waals surface area contributed by atoms with Gasteiger partial charge < -0.3 is 4.90 Å². The molecule has 7 heteroatoms. The molecular weight excluding hydrogens is 326 g/mol. The molecule has 1 amide bonds. The van der Waals surface area contributed by atoms with Crippen molar-refractivity contribution in [2.75, 3.05) is 13.1 Å². The Kier molecular flexibility index (Phi) is 4.62. The number of nitro groups is 1. The van der Waals surface area contributed by atoms with Crippen molar-refractivity contribution in [3.63, 3.8) is 0 Å². The van der Waals surface area contributed by atoms with E-state index in [2.05, 4.69) is 4.98 Å². The quantitative estimate of drug-likeness (QED) is 0.628. The van der Waals surface area contributed by atoms with Crippen LogP contribution < -0.4 is 0 Å². The van der Waals surface area contributed by atoms with Gasteiger partial charge in [-0.05, 0) is 32.8 Å². The summed E-state index contributed by atoms with van der Waals surface area (Å²) in [6.07, 6.45) is 1.69. The fourth-order valence-electron chi connectivity index (χ4n) is 3.13. The highest BCUT2D eigenvalue weighted by Gasteiger charge is 2.30. The highest BCUT2D eigenvalue weighted by molar-refractivity contribution is 7.09. The van der Waals surface area contributed by atoms with Crippen LogP contribution in [0.2, 0.25) is 0 Å². The van der Waals surface area contributed by atoms with Crippen molar-refractivity contribution in [2.45, 2.75) is 32.6 Å². The predicted molar refractivity (Wildman–Crippen MR) is 92.6 cm³/mol. The van der Waals surface area contributed by atoms with Crippen molar-refractivity contribution >= 4 is 22.9 Å². The second-order valence-electron chi connectivity index (χ2n) is 6.12. The van der Waals surface area contributed by atoms with Gasteiger partial charge in [0.25, 0.3) is 11.6 Å². The van der Waals surface area contributed by atoms with Crippen LogP contribution in [0.1, 0.15) is 45.4 Å². The number of rotatable bonds is 3. The summed E-state index contributed by atoms with van der Waals surface area (Å²) in [6.45, 7) is 4.85. The zero-order valence-electron chi connectivity index (χ0n) is 13.7. The molecule has 0 saturated carbocycles. The zero-order chi connectivity index (χ0) is 17.3. The van der Waals surface area contributed by atoms with Gasteiger partial charge in [-0.25, -0.2) is 4.98 Å². The Morgan fingerprint density at radius 3 is 2.62 bits per heavy atom. The largest absolute Gasteiger partial charge is 0.338 e. The molecule has 1 aromatic carbocycles. The molecule has 6 nitrogen and oxygen atoms in total. The van der Waals surface area contributed by atoms with E-state index in [4.69, 9.17) is 0 Å². The molecule has 0 aliphatic carbocycles. The molecule has 24 heavy (non-hydrogen) atoms. The number of nitrogens with zero attached hydrogens (tertiary/aromatic N) is 3. The average Bonchev–Trinajstić information content (AvgIpc) is 3.00. The highest BCUT2D eigenvalue weighted by Crippen LogP contribution is 2.32. The molecule has 1 aliphatic heterocycles. The second kappa shape index (κ2) is 6.68. The summed E-state index contributed by atoms with van der Waals surface area (Å²) < 4.78 is 0. The molecule has 1 aliphatic rings. The molecule has 0 unspecified atom stereocenters. The maximum absolute atomic E-state index is 12.7. The van der Waals surface area contributed by atoms with Gasteiger partial charge in [0.15, 0.2) is 0 Å². The van der Waals surface area contributed by atoms with Gasteiger partial charge in [0.1, 0.15) is 5.56 Å².